The number of unbranched alkanes of at least 4 members (excludes halogenated alkanes) is 3. The summed E-state index contributed by atoms with van der Waals surface area (Å²) in [4.78, 5) is 24.5. The van der Waals surface area contributed by atoms with Crippen molar-refractivity contribution in [1.29, 1.82) is 0 Å². The molecule has 1 heterocycles. The van der Waals surface area contributed by atoms with Crippen molar-refractivity contribution in [3.05, 3.63) is 48.5 Å². The predicted octanol–water partition coefficient (Wildman–Crippen LogP) is 3.13. The lowest BCUT2D eigenvalue weighted by atomic mass is 10.1. The Balaban J connectivity index is 1.46. The van der Waals surface area contributed by atoms with E-state index in [-0.39, 0.29) is 24.8 Å². The Labute approximate surface area is 197 Å². The summed E-state index contributed by atoms with van der Waals surface area (Å²) in [6, 6.07) is 14.4. The van der Waals surface area contributed by atoms with Crippen LogP contribution in [0.1, 0.15) is 38.5 Å². The Morgan fingerprint density at radius 2 is 1.65 bits per heavy atom. The average Bonchev–Trinajstić information content (AvgIpc) is 3.35. The van der Waals surface area contributed by atoms with E-state index < -0.39 is 0 Å². The quantitative estimate of drug-likeness (QED) is 0.163. The molecule has 0 radical (unpaired) electrons. The summed E-state index contributed by atoms with van der Waals surface area (Å²) < 4.78 is 5.36. The number of tetrazole rings is 1. The SMILES string of the molecule is C#CCOc1ccc(-c2nnn(-c3ccc(NC(=O)CCCCCCC(=O)NO)cc3)n2)cc1. The molecule has 1 aromatic heterocycles. The highest BCUT2D eigenvalue weighted by atomic mass is 16.5. The van der Waals surface area contributed by atoms with Crippen molar-refractivity contribution >= 4 is 17.5 Å². The van der Waals surface area contributed by atoms with Crippen molar-refractivity contribution < 1.29 is 19.5 Å². The minimum atomic E-state index is -0.390. The minimum absolute atomic E-state index is 0.0725. The van der Waals surface area contributed by atoms with Crippen molar-refractivity contribution in [3.8, 4) is 35.2 Å². The van der Waals surface area contributed by atoms with Gasteiger partial charge in [-0.2, -0.15) is 0 Å². The van der Waals surface area contributed by atoms with E-state index >= 15 is 0 Å². The number of ether oxygens (including phenoxy) is 1. The molecule has 34 heavy (non-hydrogen) atoms. The highest BCUT2D eigenvalue weighted by Gasteiger charge is 2.09. The van der Waals surface area contributed by atoms with E-state index in [1.807, 2.05) is 12.1 Å². The number of terminal acetylenes is 1. The van der Waals surface area contributed by atoms with Gasteiger partial charge in [-0.05, 0) is 66.6 Å². The fraction of sp³-hybridized carbons (Fsp3) is 0.292. The maximum absolute atomic E-state index is 12.1. The fourth-order valence-electron chi connectivity index (χ4n) is 3.15. The van der Waals surface area contributed by atoms with E-state index in [1.165, 1.54) is 4.80 Å². The van der Waals surface area contributed by atoms with Gasteiger partial charge in [0.1, 0.15) is 12.4 Å². The summed E-state index contributed by atoms with van der Waals surface area (Å²) in [5, 5.41) is 23.9. The third-order valence-corrected chi connectivity index (χ3v) is 4.91. The average molecular weight is 463 g/mol. The highest BCUT2D eigenvalue weighted by molar-refractivity contribution is 5.90. The van der Waals surface area contributed by atoms with Crippen LogP contribution in [0.5, 0.6) is 5.75 Å². The first-order valence-electron chi connectivity index (χ1n) is 10.9. The van der Waals surface area contributed by atoms with Crippen molar-refractivity contribution in [2.45, 2.75) is 38.5 Å². The number of nitrogens with zero attached hydrogens (tertiary/aromatic N) is 4. The fourth-order valence-corrected chi connectivity index (χ4v) is 3.15. The largest absolute Gasteiger partial charge is 0.481 e. The first-order chi connectivity index (χ1) is 16.6. The van der Waals surface area contributed by atoms with Gasteiger partial charge in [0.05, 0.1) is 5.69 Å². The van der Waals surface area contributed by atoms with Crippen LogP contribution in [0.3, 0.4) is 0 Å². The third-order valence-electron chi connectivity index (χ3n) is 4.91. The molecule has 3 N–H and O–H groups in total. The minimum Gasteiger partial charge on any atom is -0.481 e. The van der Waals surface area contributed by atoms with Crippen molar-refractivity contribution in [1.82, 2.24) is 25.7 Å². The number of hydrogen-bond acceptors (Lipinski definition) is 7. The maximum Gasteiger partial charge on any atom is 0.243 e. The molecule has 0 saturated heterocycles. The number of rotatable bonds is 12. The Kier molecular flexibility index (Phi) is 9.13. The molecule has 0 aliphatic heterocycles. The zero-order valence-electron chi connectivity index (χ0n) is 18.6. The number of amides is 2. The highest BCUT2D eigenvalue weighted by Crippen LogP contribution is 2.20. The first-order valence-corrected chi connectivity index (χ1v) is 10.9. The van der Waals surface area contributed by atoms with Crippen LogP contribution < -0.4 is 15.5 Å². The monoisotopic (exact) mass is 462 g/mol. The number of nitrogens with one attached hydrogen (secondary N) is 2. The van der Waals surface area contributed by atoms with Crippen LogP contribution >= 0.6 is 0 Å². The van der Waals surface area contributed by atoms with E-state index in [2.05, 4.69) is 26.6 Å². The van der Waals surface area contributed by atoms with Gasteiger partial charge in [0, 0.05) is 24.1 Å². The van der Waals surface area contributed by atoms with Crippen LogP contribution in [-0.4, -0.2) is 43.8 Å². The molecule has 3 aromatic rings. The number of aromatic nitrogens is 4. The smallest absolute Gasteiger partial charge is 0.243 e. The molecule has 0 spiro atoms. The molecule has 0 fully saturated rings. The zero-order chi connectivity index (χ0) is 24.2. The summed E-state index contributed by atoms with van der Waals surface area (Å²) in [6.07, 6.45) is 8.95. The van der Waals surface area contributed by atoms with Crippen molar-refractivity contribution in [2.24, 2.45) is 0 Å². The Hall–Kier alpha value is -4.23. The van der Waals surface area contributed by atoms with E-state index in [9.17, 15) is 9.59 Å². The predicted molar refractivity (Wildman–Crippen MR) is 125 cm³/mol. The normalized spacial score (nSPS) is 10.4. The molecule has 2 aromatic carbocycles. The molecule has 0 aliphatic carbocycles. The van der Waals surface area contributed by atoms with Crippen molar-refractivity contribution in [2.75, 3.05) is 11.9 Å². The number of carbonyl (C=O) groups is 2. The standard InChI is InChI=1S/C24H26N6O4/c1-2-17-34-21-15-9-18(10-16-21)24-26-29-30(27-24)20-13-11-19(12-14-20)25-22(31)7-5-3-4-6-8-23(32)28-33/h1,9-16,33H,3-8,17H2,(H,25,31)(H,28,32). The number of benzene rings is 2. The van der Waals surface area contributed by atoms with E-state index in [0.29, 0.717) is 35.8 Å². The second-order valence-corrected chi connectivity index (χ2v) is 7.46. The molecule has 0 aliphatic rings. The van der Waals surface area contributed by atoms with Gasteiger partial charge in [0.15, 0.2) is 0 Å². The van der Waals surface area contributed by atoms with E-state index in [4.69, 9.17) is 16.4 Å². The van der Waals surface area contributed by atoms with Gasteiger partial charge < -0.3 is 10.1 Å². The lowest BCUT2D eigenvalue weighted by Gasteiger charge is -2.06. The molecule has 0 unspecified atom stereocenters. The van der Waals surface area contributed by atoms with Crippen LogP contribution in [0.2, 0.25) is 0 Å². The number of carbonyl (C=O) groups excluding carboxylic acids is 2. The number of hydrogen-bond donors (Lipinski definition) is 3. The van der Waals surface area contributed by atoms with Gasteiger partial charge in [0.25, 0.3) is 0 Å². The summed E-state index contributed by atoms with van der Waals surface area (Å²) in [5.41, 5.74) is 3.78. The maximum atomic E-state index is 12.1. The van der Waals surface area contributed by atoms with Gasteiger partial charge in [0.2, 0.25) is 17.6 Å². The second kappa shape index (κ2) is 12.7. The number of anilines is 1. The van der Waals surface area contributed by atoms with Gasteiger partial charge in [-0.1, -0.05) is 18.8 Å². The van der Waals surface area contributed by atoms with E-state index in [0.717, 1.165) is 24.8 Å². The van der Waals surface area contributed by atoms with Gasteiger partial charge >= 0.3 is 0 Å². The molecular formula is C24H26N6O4. The third kappa shape index (κ3) is 7.43. The first kappa shape index (κ1) is 24.4. The molecule has 0 atom stereocenters. The zero-order valence-corrected chi connectivity index (χ0v) is 18.6. The van der Waals surface area contributed by atoms with Crippen LogP contribution in [0.15, 0.2) is 48.5 Å². The van der Waals surface area contributed by atoms with Crippen LogP contribution in [-0.2, 0) is 9.59 Å². The molecule has 176 valence electrons. The lowest BCUT2D eigenvalue weighted by Crippen LogP contribution is -2.17. The second-order valence-electron chi connectivity index (χ2n) is 7.46. The topological polar surface area (TPSA) is 131 Å². The van der Waals surface area contributed by atoms with Gasteiger partial charge in [-0.3, -0.25) is 14.8 Å². The van der Waals surface area contributed by atoms with Crippen LogP contribution in [0.4, 0.5) is 5.69 Å². The van der Waals surface area contributed by atoms with Crippen LogP contribution in [0.25, 0.3) is 17.1 Å². The summed E-state index contributed by atoms with van der Waals surface area (Å²) in [5.74, 6) is 3.09. The van der Waals surface area contributed by atoms with E-state index in [1.54, 1.807) is 41.9 Å². The molecule has 10 heteroatoms. The molecule has 10 nitrogen and oxygen atoms in total. The molecule has 3 rings (SSSR count). The summed E-state index contributed by atoms with van der Waals surface area (Å²) in [7, 11) is 0. The Morgan fingerprint density at radius 3 is 2.29 bits per heavy atom. The molecule has 2 amide bonds. The number of hydroxylamine groups is 1. The summed E-state index contributed by atoms with van der Waals surface area (Å²) >= 11 is 0. The lowest BCUT2D eigenvalue weighted by molar-refractivity contribution is -0.129. The summed E-state index contributed by atoms with van der Waals surface area (Å²) in [6.45, 7) is 0.206. The van der Waals surface area contributed by atoms with Gasteiger partial charge in [-0.15, -0.1) is 21.4 Å². The molecular weight excluding hydrogens is 436 g/mol. The molecule has 0 bridgehead atoms. The Morgan fingerprint density at radius 1 is 0.971 bits per heavy atom. The molecule has 0 saturated carbocycles. The van der Waals surface area contributed by atoms with Crippen molar-refractivity contribution in [3.63, 3.8) is 0 Å². The van der Waals surface area contributed by atoms with Crippen LogP contribution in [0, 0.1) is 12.3 Å². The Bertz CT molecular complexity index is 1120. The van der Waals surface area contributed by atoms with Gasteiger partial charge in [-0.25, -0.2) is 5.48 Å².